The molecule has 106 valence electrons. The number of amides is 1. The lowest BCUT2D eigenvalue weighted by Crippen LogP contribution is -2.26. The lowest BCUT2D eigenvalue weighted by atomic mass is 10.2. The van der Waals surface area contributed by atoms with Gasteiger partial charge in [0.05, 0.1) is 0 Å². The van der Waals surface area contributed by atoms with E-state index in [1.54, 1.807) is 6.07 Å². The lowest BCUT2D eigenvalue weighted by molar-refractivity contribution is -0.0327. The van der Waals surface area contributed by atoms with Gasteiger partial charge in [-0.3, -0.25) is 4.79 Å². The molecule has 4 nitrogen and oxygen atoms in total. The van der Waals surface area contributed by atoms with Gasteiger partial charge < -0.3 is 10.6 Å². The zero-order valence-corrected chi connectivity index (χ0v) is 11.1. The van der Waals surface area contributed by atoms with E-state index in [2.05, 4.69) is 15.6 Å². The Bertz CT molecular complexity index is 426. The van der Waals surface area contributed by atoms with Gasteiger partial charge in [0.2, 0.25) is 0 Å². The van der Waals surface area contributed by atoms with Crippen molar-refractivity contribution in [2.24, 2.45) is 0 Å². The Hall–Kier alpha value is -1.44. The van der Waals surface area contributed by atoms with Gasteiger partial charge in [0.1, 0.15) is 5.82 Å². The van der Waals surface area contributed by atoms with Crippen molar-refractivity contribution in [2.75, 3.05) is 24.2 Å². The first-order valence-corrected chi connectivity index (χ1v) is 6.59. The number of pyridine rings is 1. The van der Waals surface area contributed by atoms with Crippen LogP contribution in [0.5, 0.6) is 0 Å². The molecule has 0 aliphatic carbocycles. The number of thioether (sulfide) groups is 1. The summed E-state index contributed by atoms with van der Waals surface area (Å²) < 4.78 is 35.6. The fourth-order valence-electron chi connectivity index (χ4n) is 1.28. The molecular formula is C11H14F3N3OS. The van der Waals surface area contributed by atoms with E-state index >= 15 is 0 Å². The molecule has 0 unspecified atom stereocenters. The number of carbonyl (C=O) groups is 1. The summed E-state index contributed by atoms with van der Waals surface area (Å²) in [6.07, 6.45) is 1.47. The molecule has 0 bridgehead atoms. The summed E-state index contributed by atoms with van der Waals surface area (Å²) in [5.74, 6) is -0.0652. The Morgan fingerprint density at radius 2 is 2.21 bits per heavy atom. The molecule has 0 aromatic carbocycles. The molecule has 0 spiro atoms. The highest BCUT2D eigenvalue weighted by Crippen LogP contribution is 2.29. The molecule has 0 aliphatic rings. The first kappa shape index (κ1) is 15.6. The SMILES string of the molecule is CCNc1cc(C(=O)NCCSC(F)(F)F)ccn1. The Morgan fingerprint density at radius 3 is 2.84 bits per heavy atom. The van der Waals surface area contributed by atoms with Crippen molar-refractivity contribution in [3.63, 3.8) is 0 Å². The van der Waals surface area contributed by atoms with Crippen LogP contribution in [0.1, 0.15) is 17.3 Å². The summed E-state index contributed by atoms with van der Waals surface area (Å²) in [4.78, 5) is 15.7. The third-order valence-corrected chi connectivity index (χ3v) is 2.77. The molecule has 1 aromatic rings. The van der Waals surface area contributed by atoms with Crippen molar-refractivity contribution >= 4 is 23.5 Å². The number of nitrogens with one attached hydrogen (secondary N) is 2. The molecule has 1 aromatic heterocycles. The minimum Gasteiger partial charge on any atom is -0.370 e. The fraction of sp³-hybridized carbons (Fsp3) is 0.455. The zero-order chi connectivity index (χ0) is 14.3. The van der Waals surface area contributed by atoms with E-state index in [0.29, 0.717) is 17.9 Å². The van der Waals surface area contributed by atoms with E-state index in [0.717, 1.165) is 0 Å². The van der Waals surface area contributed by atoms with Crippen molar-refractivity contribution in [3.8, 4) is 0 Å². The van der Waals surface area contributed by atoms with Crippen LogP contribution in [-0.4, -0.2) is 35.2 Å². The summed E-state index contributed by atoms with van der Waals surface area (Å²) >= 11 is -0.157. The highest BCUT2D eigenvalue weighted by atomic mass is 32.2. The third kappa shape index (κ3) is 6.32. The van der Waals surface area contributed by atoms with Crippen molar-refractivity contribution < 1.29 is 18.0 Å². The molecule has 0 saturated heterocycles. The average molecular weight is 293 g/mol. The topological polar surface area (TPSA) is 54.0 Å². The maximum Gasteiger partial charge on any atom is 0.441 e. The standard InChI is InChI=1S/C11H14F3N3OS/c1-2-15-9-7-8(3-4-16-9)10(18)17-5-6-19-11(12,13)14/h3-4,7H,2,5-6H2,1H3,(H,15,16)(H,17,18). The van der Waals surface area contributed by atoms with E-state index in [1.807, 2.05) is 6.92 Å². The molecular weight excluding hydrogens is 279 g/mol. The summed E-state index contributed by atoms with van der Waals surface area (Å²) in [5, 5.41) is 5.37. The second-order valence-corrected chi connectivity index (χ2v) is 4.67. The van der Waals surface area contributed by atoms with Crippen molar-refractivity contribution in [3.05, 3.63) is 23.9 Å². The zero-order valence-electron chi connectivity index (χ0n) is 10.3. The Morgan fingerprint density at radius 1 is 1.47 bits per heavy atom. The van der Waals surface area contributed by atoms with Crippen LogP contribution < -0.4 is 10.6 Å². The first-order valence-electron chi connectivity index (χ1n) is 5.61. The smallest absolute Gasteiger partial charge is 0.370 e. The van der Waals surface area contributed by atoms with Gasteiger partial charge in [0, 0.05) is 30.6 Å². The molecule has 0 aliphatic heterocycles. The molecule has 1 amide bonds. The van der Waals surface area contributed by atoms with Gasteiger partial charge >= 0.3 is 5.51 Å². The van der Waals surface area contributed by atoms with Crippen LogP contribution in [0.25, 0.3) is 0 Å². The largest absolute Gasteiger partial charge is 0.441 e. The second kappa shape index (κ2) is 7.22. The number of carbonyl (C=O) groups excluding carboxylic acids is 1. The maximum absolute atomic E-state index is 11.9. The molecule has 19 heavy (non-hydrogen) atoms. The predicted molar refractivity (Wildman–Crippen MR) is 69.2 cm³/mol. The normalized spacial score (nSPS) is 11.2. The van der Waals surface area contributed by atoms with Crippen LogP contribution in [0.2, 0.25) is 0 Å². The van der Waals surface area contributed by atoms with Crippen LogP contribution in [0.4, 0.5) is 19.0 Å². The fourth-order valence-corrected chi connectivity index (χ4v) is 1.72. The van der Waals surface area contributed by atoms with Crippen molar-refractivity contribution in [1.29, 1.82) is 0 Å². The van der Waals surface area contributed by atoms with E-state index in [-0.39, 0.29) is 24.1 Å². The second-order valence-electron chi connectivity index (χ2n) is 3.51. The van der Waals surface area contributed by atoms with Gasteiger partial charge in [-0.25, -0.2) is 4.98 Å². The quantitative estimate of drug-likeness (QED) is 0.791. The highest BCUT2D eigenvalue weighted by Gasteiger charge is 2.27. The van der Waals surface area contributed by atoms with E-state index in [1.165, 1.54) is 12.3 Å². The number of halogens is 3. The molecule has 8 heteroatoms. The van der Waals surface area contributed by atoms with E-state index < -0.39 is 11.4 Å². The van der Waals surface area contributed by atoms with Crippen LogP contribution in [0.3, 0.4) is 0 Å². The first-order chi connectivity index (χ1) is 8.92. The van der Waals surface area contributed by atoms with Gasteiger partial charge in [-0.15, -0.1) is 0 Å². The van der Waals surface area contributed by atoms with Crippen molar-refractivity contribution in [1.82, 2.24) is 10.3 Å². The van der Waals surface area contributed by atoms with Gasteiger partial charge in [0.25, 0.3) is 5.91 Å². The van der Waals surface area contributed by atoms with E-state index in [9.17, 15) is 18.0 Å². The number of rotatable bonds is 6. The molecule has 0 fully saturated rings. The van der Waals surface area contributed by atoms with Crippen LogP contribution in [0.15, 0.2) is 18.3 Å². The summed E-state index contributed by atoms with van der Waals surface area (Å²) in [6.45, 7) is 2.52. The van der Waals surface area contributed by atoms with Gasteiger partial charge in [-0.1, -0.05) is 0 Å². The number of anilines is 1. The molecule has 0 atom stereocenters. The Kier molecular flexibility index (Phi) is 5.94. The van der Waals surface area contributed by atoms with Crippen LogP contribution in [0, 0.1) is 0 Å². The molecule has 2 N–H and O–H groups in total. The molecule has 0 radical (unpaired) electrons. The Balaban J connectivity index is 2.43. The minimum absolute atomic E-state index is 0.0398. The average Bonchev–Trinajstić information content (AvgIpc) is 2.34. The highest BCUT2D eigenvalue weighted by molar-refractivity contribution is 8.00. The monoisotopic (exact) mass is 293 g/mol. The number of nitrogens with zero attached hydrogens (tertiary/aromatic N) is 1. The summed E-state index contributed by atoms with van der Waals surface area (Å²) in [6, 6.07) is 3.06. The predicted octanol–water partition coefficient (Wildman–Crippen LogP) is 2.50. The van der Waals surface area contributed by atoms with Crippen molar-refractivity contribution in [2.45, 2.75) is 12.4 Å². The summed E-state index contributed by atoms with van der Waals surface area (Å²) in [5.41, 5.74) is -3.90. The maximum atomic E-state index is 11.9. The third-order valence-electron chi connectivity index (χ3n) is 2.03. The summed E-state index contributed by atoms with van der Waals surface area (Å²) in [7, 11) is 0. The number of aromatic nitrogens is 1. The minimum atomic E-state index is -4.26. The van der Waals surface area contributed by atoms with Crippen LogP contribution >= 0.6 is 11.8 Å². The Labute approximate surface area is 113 Å². The number of hydrogen-bond donors (Lipinski definition) is 2. The van der Waals surface area contributed by atoms with Gasteiger partial charge in [-0.05, 0) is 30.8 Å². The van der Waals surface area contributed by atoms with Gasteiger partial charge in [-0.2, -0.15) is 13.2 Å². The lowest BCUT2D eigenvalue weighted by Gasteiger charge is -2.08. The van der Waals surface area contributed by atoms with Crippen LogP contribution in [-0.2, 0) is 0 Å². The number of alkyl halides is 3. The number of hydrogen-bond acceptors (Lipinski definition) is 4. The molecule has 1 rings (SSSR count). The van der Waals surface area contributed by atoms with E-state index in [4.69, 9.17) is 0 Å². The molecule has 1 heterocycles. The molecule has 0 saturated carbocycles. The van der Waals surface area contributed by atoms with Gasteiger partial charge in [0.15, 0.2) is 0 Å².